The third kappa shape index (κ3) is 3.48. The van der Waals surface area contributed by atoms with Crippen LogP contribution in [0.3, 0.4) is 0 Å². The number of nitrogens with zero attached hydrogens (tertiary/aromatic N) is 1. The van der Waals surface area contributed by atoms with Crippen LogP contribution in [0, 0.1) is 0 Å². The van der Waals surface area contributed by atoms with Gasteiger partial charge in [0.15, 0.2) is 0 Å². The van der Waals surface area contributed by atoms with Crippen LogP contribution in [0.25, 0.3) is 0 Å². The number of hydrogen-bond acceptors (Lipinski definition) is 3. The maximum atomic E-state index is 12.8. The van der Waals surface area contributed by atoms with Crippen molar-refractivity contribution in [3.05, 3.63) is 70.2 Å². The van der Waals surface area contributed by atoms with E-state index in [-0.39, 0.29) is 6.54 Å². The minimum atomic E-state index is -1.21. The summed E-state index contributed by atoms with van der Waals surface area (Å²) in [5, 5.41) is 5.42. The molecule has 1 atom stereocenters. The van der Waals surface area contributed by atoms with E-state index in [4.69, 9.17) is 0 Å². The van der Waals surface area contributed by atoms with Crippen molar-refractivity contribution in [3.63, 3.8) is 0 Å². The number of imide groups is 1. The SMILES string of the molecule is CC1(c2ccccc2Br)NC(=O)N(CC(=O)NCc2ccccc2)C1=O. The molecule has 1 aliphatic rings. The number of carbonyl (C=O) groups is 3. The van der Waals surface area contributed by atoms with E-state index in [0.29, 0.717) is 16.6 Å². The first kappa shape index (κ1) is 18.1. The normalized spacial score (nSPS) is 19.4. The van der Waals surface area contributed by atoms with Gasteiger partial charge >= 0.3 is 6.03 Å². The summed E-state index contributed by atoms with van der Waals surface area (Å²) < 4.78 is 0.714. The number of benzene rings is 2. The molecule has 0 aromatic heterocycles. The van der Waals surface area contributed by atoms with Crippen LogP contribution >= 0.6 is 15.9 Å². The quantitative estimate of drug-likeness (QED) is 0.736. The van der Waals surface area contributed by atoms with Crippen LogP contribution in [0.1, 0.15) is 18.1 Å². The van der Waals surface area contributed by atoms with Crippen LogP contribution < -0.4 is 10.6 Å². The van der Waals surface area contributed by atoms with Crippen molar-refractivity contribution >= 4 is 33.8 Å². The van der Waals surface area contributed by atoms with Gasteiger partial charge in [-0.25, -0.2) is 4.79 Å². The molecule has 0 saturated carbocycles. The zero-order valence-electron chi connectivity index (χ0n) is 14.2. The lowest BCUT2D eigenvalue weighted by atomic mass is 9.92. The third-order valence-electron chi connectivity index (χ3n) is 4.32. The first-order valence-corrected chi connectivity index (χ1v) is 8.91. The fourth-order valence-corrected chi connectivity index (χ4v) is 3.57. The minimum absolute atomic E-state index is 0.322. The maximum absolute atomic E-state index is 12.8. The molecule has 1 aliphatic heterocycles. The Morgan fingerprint density at radius 2 is 1.77 bits per heavy atom. The Morgan fingerprint density at radius 3 is 2.46 bits per heavy atom. The molecule has 2 N–H and O–H groups in total. The average Bonchev–Trinajstić information content (AvgIpc) is 2.85. The predicted octanol–water partition coefficient (Wildman–Crippen LogP) is 2.53. The van der Waals surface area contributed by atoms with Crippen molar-refractivity contribution < 1.29 is 14.4 Å². The number of nitrogens with one attached hydrogen (secondary N) is 2. The lowest BCUT2D eigenvalue weighted by molar-refractivity contribution is -0.134. The largest absolute Gasteiger partial charge is 0.350 e. The molecule has 0 spiro atoms. The summed E-state index contributed by atoms with van der Waals surface area (Å²) >= 11 is 3.41. The van der Waals surface area contributed by atoms with Gasteiger partial charge in [-0.1, -0.05) is 64.5 Å². The number of rotatable bonds is 5. The van der Waals surface area contributed by atoms with Crippen LogP contribution in [0.5, 0.6) is 0 Å². The Kier molecular flexibility index (Phi) is 5.08. The molecule has 26 heavy (non-hydrogen) atoms. The van der Waals surface area contributed by atoms with Crippen molar-refractivity contribution in [1.29, 1.82) is 0 Å². The van der Waals surface area contributed by atoms with Crippen LogP contribution in [-0.4, -0.2) is 29.3 Å². The topological polar surface area (TPSA) is 78.5 Å². The summed E-state index contributed by atoms with van der Waals surface area (Å²) in [6, 6.07) is 16.0. The number of halogens is 1. The van der Waals surface area contributed by atoms with Gasteiger partial charge < -0.3 is 10.6 Å². The van der Waals surface area contributed by atoms with E-state index in [9.17, 15) is 14.4 Å². The summed E-state index contributed by atoms with van der Waals surface area (Å²) in [7, 11) is 0. The summed E-state index contributed by atoms with van der Waals surface area (Å²) in [5.41, 5.74) is 0.373. The molecule has 2 aromatic rings. The molecule has 1 unspecified atom stereocenters. The van der Waals surface area contributed by atoms with Crippen LogP contribution in [0.2, 0.25) is 0 Å². The molecule has 0 radical (unpaired) electrons. The molecule has 1 saturated heterocycles. The van der Waals surface area contributed by atoms with Gasteiger partial charge in [0.25, 0.3) is 5.91 Å². The zero-order chi connectivity index (χ0) is 18.7. The molecule has 6 nitrogen and oxygen atoms in total. The third-order valence-corrected chi connectivity index (χ3v) is 5.01. The van der Waals surface area contributed by atoms with E-state index < -0.39 is 23.4 Å². The van der Waals surface area contributed by atoms with Gasteiger partial charge in [0.1, 0.15) is 12.1 Å². The zero-order valence-corrected chi connectivity index (χ0v) is 15.7. The smallest absolute Gasteiger partial charge is 0.325 e. The number of urea groups is 1. The van der Waals surface area contributed by atoms with Crippen LogP contribution in [0.15, 0.2) is 59.1 Å². The molecule has 1 fully saturated rings. The van der Waals surface area contributed by atoms with Gasteiger partial charge in [0, 0.05) is 16.6 Å². The fraction of sp³-hybridized carbons (Fsp3) is 0.211. The molecule has 7 heteroatoms. The average molecular weight is 416 g/mol. The van der Waals surface area contributed by atoms with Crippen molar-refractivity contribution in [2.75, 3.05) is 6.54 Å². The lowest BCUT2D eigenvalue weighted by Gasteiger charge is -2.23. The molecular weight excluding hydrogens is 398 g/mol. The molecule has 4 amide bonds. The Labute approximate surface area is 159 Å². The second-order valence-electron chi connectivity index (χ2n) is 6.19. The molecule has 1 heterocycles. The van der Waals surface area contributed by atoms with E-state index in [0.717, 1.165) is 10.5 Å². The molecule has 0 aliphatic carbocycles. The summed E-state index contributed by atoms with van der Waals surface area (Å²) in [6.07, 6.45) is 0. The predicted molar refractivity (Wildman–Crippen MR) is 100 cm³/mol. The molecule has 0 bridgehead atoms. The first-order chi connectivity index (χ1) is 12.4. The van der Waals surface area contributed by atoms with Gasteiger partial charge in [-0.15, -0.1) is 0 Å². The number of hydrogen-bond donors (Lipinski definition) is 2. The highest BCUT2D eigenvalue weighted by Gasteiger charge is 2.50. The van der Waals surface area contributed by atoms with Gasteiger partial charge in [-0.2, -0.15) is 0 Å². The minimum Gasteiger partial charge on any atom is -0.350 e. The monoisotopic (exact) mass is 415 g/mol. The second kappa shape index (κ2) is 7.29. The number of carbonyl (C=O) groups excluding carboxylic acids is 3. The van der Waals surface area contributed by atoms with Crippen molar-refractivity contribution in [3.8, 4) is 0 Å². The van der Waals surface area contributed by atoms with Gasteiger partial charge in [0.2, 0.25) is 5.91 Å². The Hall–Kier alpha value is -2.67. The second-order valence-corrected chi connectivity index (χ2v) is 7.04. The standard InChI is InChI=1S/C19H18BrN3O3/c1-19(14-9-5-6-10-15(14)20)17(25)23(18(26)22-19)12-16(24)21-11-13-7-3-2-4-8-13/h2-10H,11-12H2,1H3,(H,21,24)(H,22,26). The van der Waals surface area contributed by atoms with Crippen LogP contribution in [-0.2, 0) is 21.7 Å². The maximum Gasteiger partial charge on any atom is 0.325 e. The molecule has 134 valence electrons. The van der Waals surface area contributed by atoms with Crippen molar-refractivity contribution in [2.24, 2.45) is 0 Å². The van der Waals surface area contributed by atoms with E-state index >= 15 is 0 Å². The Balaban J connectivity index is 1.69. The summed E-state index contributed by atoms with van der Waals surface area (Å²) in [6.45, 7) is 1.65. The van der Waals surface area contributed by atoms with E-state index in [1.54, 1.807) is 25.1 Å². The van der Waals surface area contributed by atoms with Crippen molar-refractivity contribution in [1.82, 2.24) is 15.5 Å². The highest BCUT2D eigenvalue weighted by atomic mass is 79.9. The Bertz CT molecular complexity index is 856. The molecule has 3 rings (SSSR count). The van der Waals surface area contributed by atoms with Crippen LogP contribution in [0.4, 0.5) is 4.79 Å². The highest BCUT2D eigenvalue weighted by Crippen LogP contribution is 2.33. The van der Waals surface area contributed by atoms with Gasteiger partial charge in [0.05, 0.1) is 0 Å². The van der Waals surface area contributed by atoms with E-state index in [2.05, 4.69) is 26.6 Å². The number of amides is 4. The highest BCUT2D eigenvalue weighted by molar-refractivity contribution is 9.10. The van der Waals surface area contributed by atoms with Crippen molar-refractivity contribution in [2.45, 2.75) is 19.0 Å². The lowest BCUT2D eigenvalue weighted by Crippen LogP contribution is -2.43. The summed E-state index contributed by atoms with van der Waals surface area (Å²) in [4.78, 5) is 38.3. The molecule has 2 aromatic carbocycles. The fourth-order valence-electron chi connectivity index (χ4n) is 2.89. The van der Waals surface area contributed by atoms with E-state index in [1.807, 2.05) is 36.4 Å². The Morgan fingerprint density at radius 1 is 1.12 bits per heavy atom. The molecular formula is C19H18BrN3O3. The summed E-state index contributed by atoms with van der Waals surface area (Å²) in [5.74, 6) is -0.849. The van der Waals surface area contributed by atoms with E-state index in [1.165, 1.54) is 0 Å². The first-order valence-electron chi connectivity index (χ1n) is 8.11. The van der Waals surface area contributed by atoms with Gasteiger partial charge in [-0.3, -0.25) is 14.5 Å². The van der Waals surface area contributed by atoms with Gasteiger partial charge in [-0.05, 0) is 18.6 Å².